The van der Waals surface area contributed by atoms with Crippen molar-refractivity contribution >= 4 is 0 Å². The van der Waals surface area contributed by atoms with Crippen molar-refractivity contribution in [2.24, 2.45) is 5.92 Å². The van der Waals surface area contributed by atoms with Crippen LogP contribution in [0.15, 0.2) is 24.3 Å². The molecule has 0 aromatic heterocycles. The molecule has 1 saturated heterocycles. The first kappa shape index (κ1) is 15.2. The molecule has 1 aliphatic heterocycles. The van der Waals surface area contributed by atoms with Crippen molar-refractivity contribution in [1.82, 2.24) is 0 Å². The van der Waals surface area contributed by atoms with E-state index >= 15 is 0 Å². The van der Waals surface area contributed by atoms with E-state index in [1.807, 2.05) is 13.8 Å². The van der Waals surface area contributed by atoms with Crippen LogP contribution in [-0.4, -0.2) is 12.2 Å². The van der Waals surface area contributed by atoms with Crippen LogP contribution in [0.3, 0.4) is 0 Å². The van der Waals surface area contributed by atoms with Gasteiger partial charge < -0.3 is 4.74 Å². The standard InChI is InChI=1S/C15H22O.C2H6/c1-12-5-4-6-13(9-12)10-14-7-8-16-15(2,3)11-14;1-2/h4-6,9,14H,7-8,10-11H2,1-3H3;1-2H3. The molecule has 1 heteroatoms. The van der Waals surface area contributed by atoms with Crippen LogP contribution in [0.4, 0.5) is 0 Å². The molecule has 1 heterocycles. The Morgan fingerprint density at radius 3 is 2.61 bits per heavy atom. The van der Waals surface area contributed by atoms with Gasteiger partial charge in [-0.25, -0.2) is 0 Å². The van der Waals surface area contributed by atoms with Crippen LogP contribution >= 0.6 is 0 Å². The zero-order chi connectivity index (χ0) is 13.6. The van der Waals surface area contributed by atoms with Crippen molar-refractivity contribution in [3.8, 4) is 0 Å². The quantitative estimate of drug-likeness (QED) is 0.732. The summed E-state index contributed by atoms with van der Waals surface area (Å²) < 4.78 is 5.76. The second-order valence-electron chi connectivity index (χ2n) is 5.66. The van der Waals surface area contributed by atoms with Crippen molar-refractivity contribution in [3.05, 3.63) is 35.4 Å². The number of hydrogen-bond acceptors (Lipinski definition) is 1. The van der Waals surface area contributed by atoms with Gasteiger partial charge in [-0.1, -0.05) is 43.7 Å². The predicted molar refractivity (Wildman–Crippen MR) is 79.0 cm³/mol. The Kier molecular flexibility index (Phi) is 5.87. The Morgan fingerprint density at radius 1 is 1.28 bits per heavy atom. The van der Waals surface area contributed by atoms with Crippen molar-refractivity contribution in [3.63, 3.8) is 0 Å². The molecular formula is C17H28O. The molecule has 0 bridgehead atoms. The van der Waals surface area contributed by atoms with Gasteiger partial charge in [0.2, 0.25) is 0 Å². The average Bonchev–Trinajstić information content (AvgIpc) is 2.30. The maximum atomic E-state index is 5.76. The van der Waals surface area contributed by atoms with Crippen LogP contribution in [0.25, 0.3) is 0 Å². The topological polar surface area (TPSA) is 9.23 Å². The number of benzene rings is 1. The van der Waals surface area contributed by atoms with E-state index < -0.39 is 0 Å². The predicted octanol–water partition coefficient (Wildman–Crippen LogP) is 4.77. The summed E-state index contributed by atoms with van der Waals surface area (Å²) in [5.41, 5.74) is 2.92. The van der Waals surface area contributed by atoms with Gasteiger partial charge in [0.05, 0.1) is 5.60 Å². The van der Waals surface area contributed by atoms with E-state index in [0.717, 1.165) is 12.5 Å². The van der Waals surface area contributed by atoms with Crippen molar-refractivity contribution in [2.75, 3.05) is 6.61 Å². The SMILES string of the molecule is CC.Cc1cccc(CC2CCOC(C)(C)C2)c1. The first-order chi connectivity index (χ1) is 8.55. The largest absolute Gasteiger partial charge is 0.376 e. The van der Waals surface area contributed by atoms with Crippen LogP contribution in [0, 0.1) is 12.8 Å². The summed E-state index contributed by atoms with van der Waals surface area (Å²) in [5.74, 6) is 0.783. The van der Waals surface area contributed by atoms with Crippen LogP contribution in [0.5, 0.6) is 0 Å². The molecule has 1 unspecified atom stereocenters. The highest BCUT2D eigenvalue weighted by Gasteiger charge is 2.28. The molecule has 0 radical (unpaired) electrons. The van der Waals surface area contributed by atoms with Gasteiger partial charge in [0.25, 0.3) is 0 Å². The fraction of sp³-hybridized carbons (Fsp3) is 0.647. The molecule has 1 aromatic rings. The Hall–Kier alpha value is -0.820. The Labute approximate surface area is 113 Å². The van der Waals surface area contributed by atoms with Crippen LogP contribution in [-0.2, 0) is 11.2 Å². The summed E-state index contributed by atoms with van der Waals surface area (Å²) in [5, 5.41) is 0. The summed E-state index contributed by atoms with van der Waals surface area (Å²) in [6, 6.07) is 8.88. The van der Waals surface area contributed by atoms with Gasteiger partial charge in [-0.15, -0.1) is 0 Å². The molecule has 0 N–H and O–H groups in total. The molecule has 0 amide bonds. The molecule has 0 saturated carbocycles. The molecule has 1 fully saturated rings. The van der Waals surface area contributed by atoms with Crippen LogP contribution < -0.4 is 0 Å². The first-order valence-electron chi connectivity index (χ1n) is 7.25. The maximum Gasteiger partial charge on any atom is 0.0629 e. The van der Waals surface area contributed by atoms with Gasteiger partial charge in [0.15, 0.2) is 0 Å². The van der Waals surface area contributed by atoms with Gasteiger partial charge in [-0.3, -0.25) is 0 Å². The zero-order valence-corrected chi connectivity index (χ0v) is 12.6. The third-order valence-electron chi connectivity index (χ3n) is 3.41. The van der Waals surface area contributed by atoms with Gasteiger partial charge in [0, 0.05) is 6.61 Å². The lowest BCUT2D eigenvalue weighted by Gasteiger charge is -2.35. The Bertz CT molecular complexity index is 354. The minimum atomic E-state index is 0.0761. The first-order valence-corrected chi connectivity index (χ1v) is 7.25. The number of hydrogen-bond donors (Lipinski definition) is 0. The summed E-state index contributed by atoms with van der Waals surface area (Å²) in [6.07, 6.45) is 3.59. The molecular weight excluding hydrogens is 220 g/mol. The van der Waals surface area contributed by atoms with Gasteiger partial charge in [-0.05, 0) is 51.5 Å². The second kappa shape index (κ2) is 6.94. The maximum absolute atomic E-state index is 5.76. The molecule has 2 rings (SSSR count). The fourth-order valence-corrected chi connectivity index (χ4v) is 2.70. The highest BCUT2D eigenvalue weighted by atomic mass is 16.5. The van der Waals surface area contributed by atoms with E-state index in [0.29, 0.717) is 0 Å². The highest BCUT2D eigenvalue weighted by Crippen LogP contribution is 2.30. The smallest absolute Gasteiger partial charge is 0.0629 e. The monoisotopic (exact) mass is 248 g/mol. The number of rotatable bonds is 2. The third kappa shape index (κ3) is 4.81. The fourth-order valence-electron chi connectivity index (χ4n) is 2.70. The van der Waals surface area contributed by atoms with E-state index in [2.05, 4.69) is 45.0 Å². The number of ether oxygens (including phenoxy) is 1. The second-order valence-corrected chi connectivity index (χ2v) is 5.66. The zero-order valence-electron chi connectivity index (χ0n) is 12.6. The lowest BCUT2D eigenvalue weighted by Crippen LogP contribution is -2.34. The molecule has 0 spiro atoms. The van der Waals surface area contributed by atoms with E-state index in [1.54, 1.807) is 0 Å². The van der Waals surface area contributed by atoms with Gasteiger partial charge >= 0.3 is 0 Å². The minimum absolute atomic E-state index is 0.0761. The summed E-state index contributed by atoms with van der Waals surface area (Å²) in [4.78, 5) is 0. The summed E-state index contributed by atoms with van der Waals surface area (Å²) in [6.45, 7) is 11.5. The highest BCUT2D eigenvalue weighted by molar-refractivity contribution is 5.22. The molecule has 1 nitrogen and oxygen atoms in total. The van der Waals surface area contributed by atoms with E-state index in [1.165, 1.54) is 30.4 Å². The number of aryl methyl sites for hydroxylation is 1. The molecule has 18 heavy (non-hydrogen) atoms. The van der Waals surface area contributed by atoms with Gasteiger partial charge in [-0.2, -0.15) is 0 Å². The molecule has 1 atom stereocenters. The van der Waals surface area contributed by atoms with Crippen molar-refractivity contribution in [1.29, 1.82) is 0 Å². The van der Waals surface area contributed by atoms with E-state index in [-0.39, 0.29) is 5.60 Å². The molecule has 1 aliphatic rings. The van der Waals surface area contributed by atoms with Crippen molar-refractivity contribution < 1.29 is 4.74 Å². The third-order valence-corrected chi connectivity index (χ3v) is 3.41. The average molecular weight is 248 g/mol. The van der Waals surface area contributed by atoms with Crippen LogP contribution in [0.1, 0.15) is 51.7 Å². The summed E-state index contributed by atoms with van der Waals surface area (Å²) >= 11 is 0. The lowest BCUT2D eigenvalue weighted by molar-refractivity contribution is -0.0721. The minimum Gasteiger partial charge on any atom is -0.376 e. The molecule has 102 valence electrons. The Balaban J connectivity index is 0.000000771. The van der Waals surface area contributed by atoms with Gasteiger partial charge in [0.1, 0.15) is 0 Å². The molecule has 0 aliphatic carbocycles. The van der Waals surface area contributed by atoms with E-state index in [4.69, 9.17) is 4.74 Å². The normalized spacial score (nSPS) is 21.9. The van der Waals surface area contributed by atoms with E-state index in [9.17, 15) is 0 Å². The lowest BCUT2D eigenvalue weighted by atomic mass is 9.84. The Morgan fingerprint density at radius 2 is 2.00 bits per heavy atom. The van der Waals surface area contributed by atoms with Crippen molar-refractivity contribution in [2.45, 2.75) is 59.5 Å². The summed E-state index contributed by atoms with van der Waals surface area (Å²) in [7, 11) is 0. The van der Waals surface area contributed by atoms with Crippen LogP contribution in [0.2, 0.25) is 0 Å². The molecule has 1 aromatic carbocycles.